The first-order valence-electron chi connectivity index (χ1n) is 7.87. The second kappa shape index (κ2) is 5.96. The summed E-state index contributed by atoms with van der Waals surface area (Å²) < 4.78 is 7.34. The highest BCUT2D eigenvalue weighted by molar-refractivity contribution is 5.53. The van der Waals surface area contributed by atoms with Gasteiger partial charge >= 0.3 is 0 Å². The molecule has 23 heavy (non-hydrogen) atoms. The molecule has 1 aliphatic heterocycles. The van der Waals surface area contributed by atoms with Gasteiger partial charge in [-0.25, -0.2) is 0 Å². The Hall–Kier alpha value is -2.47. The Morgan fingerprint density at radius 2 is 2.13 bits per heavy atom. The zero-order valence-corrected chi connectivity index (χ0v) is 13.1. The number of aryl methyl sites for hydroxylation is 1. The summed E-state index contributed by atoms with van der Waals surface area (Å²) in [6, 6.07) is 9.95. The maximum absolute atomic E-state index is 5.50. The minimum atomic E-state index is 0.316. The van der Waals surface area contributed by atoms with Crippen LogP contribution >= 0.6 is 0 Å². The minimum Gasteiger partial charge on any atom is -0.339 e. The highest BCUT2D eigenvalue weighted by atomic mass is 16.5. The van der Waals surface area contributed by atoms with Crippen molar-refractivity contribution in [1.82, 2.24) is 24.8 Å². The van der Waals surface area contributed by atoms with E-state index >= 15 is 0 Å². The van der Waals surface area contributed by atoms with Gasteiger partial charge in [0, 0.05) is 37.5 Å². The van der Waals surface area contributed by atoms with Crippen LogP contribution in [0.15, 0.2) is 47.2 Å². The SMILES string of the molecule is Cn1cc(CN2CC[C@H](c3nc(-c4ccccc4)no3)C2)cn1. The average molecular weight is 309 g/mol. The molecule has 0 N–H and O–H groups in total. The van der Waals surface area contributed by atoms with Gasteiger partial charge in [0.05, 0.1) is 12.1 Å². The molecule has 0 bridgehead atoms. The smallest absolute Gasteiger partial charge is 0.231 e. The van der Waals surface area contributed by atoms with Crippen molar-refractivity contribution >= 4 is 0 Å². The molecule has 1 aliphatic rings. The lowest BCUT2D eigenvalue weighted by molar-refractivity contribution is 0.309. The molecular weight excluding hydrogens is 290 g/mol. The molecule has 0 saturated carbocycles. The third-order valence-electron chi connectivity index (χ3n) is 4.26. The van der Waals surface area contributed by atoms with Crippen molar-refractivity contribution in [3.05, 3.63) is 54.2 Å². The number of benzene rings is 1. The van der Waals surface area contributed by atoms with Crippen molar-refractivity contribution in [3.63, 3.8) is 0 Å². The quantitative estimate of drug-likeness (QED) is 0.741. The fraction of sp³-hybridized carbons (Fsp3) is 0.353. The third kappa shape index (κ3) is 3.03. The van der Waals surface area contributed by atoms with Gasteiger partial charge in [-0.05, 0) is 13.0 Å². The molecule has 0 amide bonds. The Kier molecular flexibility index (Phi) is 3.67. The molecule has 118 valence electrons. The fourth-order valence-electron chi connectivity index (χ4n) is 3.10. The number of nitrogens with zero attached hydrogens (tertiary/aromatic N) is 5. The van der Waals surface area contributed by atoms with Crippen LogP contribution in [0.2, 0.25) is 0 Å². The summed E-state index contributed by atoms with van der Waals surface area (Å²) >= 11 is 0. The maximum Gasteiger partial charge on any atom is 0.231 e. The largest absolute Gasteiger partial charge is 0.339 e. The van der Waals surface area contributed by atoms with E-state index in [1.165, 1.54) is 5.56 Å². The summed E-state index contributed by atoms with van der Waals surface area (Å²) in [5.74, 6) is 1.74. The molecule has 1 fully saturated rings. The van der Waals surface area contributed by atoms with E-state index in [9.17, 15) is 0 Å². The van der Waals surface area contributed by atoms with Gasteiger partial charge < -0.3 is 4.52 Å². The molecule has 1 aromatic carbocycles. The van der Waals surface area contributed by atoms with Crippen LogP contribution in [0, 0.1) is 0 Å². The molecule has 2 aromatic heterocycles. The van der Waals surface area contributed by atoms with Crippen molar-refractivity contribution in [2.75, 3.05) is 13.1 Å². The van der Waals surface area contributed by atoms with Crippen molar-refractivity contribution in [2.45, 2.75) is 18.9 Å². The minimum absolute atomic E-state index is 0.316. The Balaban J connectivity index is 1.43. The molecule has 0 unspecified atom stereocenters. The molecule has 1 saturated heterocycles. The first kappa shape index (κ1) is 14.1. The second-order valence-corrected chi connectivity index (χ2v) is 6.07. The van der Waals surface area contributed by atoms with E-state index in [1.807, 2.05) is 48.3 Å². The van der Waals surface area contributed by atoms with Crippen molar-refractivity contribution < 1.29 is 4.52 Å². The van der Waals surface area contributed by atoms with E-state index < -0.39 is 0 Å². The van der Waals surface area contributed by atoms with Gasteiger partial charge in [-0.1, -0.05) is 35.5 Å². The molecule has 3 heterocycles. The van der Waals surface area contributed by atoms with Crippen LogP contribution in [0.4, 0.5) is 0 Å². The first-order chi connectivity index (χ1) is 11.3. The average Bonchev–Trinajstić information content (AvgIpc) is 3.29. The van der Waals surface area contributed by atoms with Crippen molar-refractivity contribution in [3.8, 4) is 11.4 Å². The third-order valence-corrected chi connectivity index (χ3v) is 4.26. The summed E-state index contributed by atoms with van der Waals surface area (Å²) in [5, 5.41) is 8.35. The lowest BCUT2D eigenvalue weighted by atomic mass is 10.1. The van der Waals surface area contributed by atoms with E-state index in [0.717, 1.165) is 37.5 Å². The summed E-state index contributed by atoms with van der Waals surface area (Å²) in [5.41, 5.74) is 2.23. The summed E-state index contributed by atoms with van der Waals surface area (Å²) in [4.78, 5) is 7.00. The van der Waals surface area contributed by atoms with Crippen molar-refractivity contribution in [2.24, 2.45) is 7.05 Å². The normalized spacial score (nSPS) is 18.6. The molecule has 0 spiro atoms. The second-order valence-electron chi connectivity index (χ2n) is 6.07. The molecule has 4 rings (SSSR count). The van der Waals surface area contributed by atoms with Crippen LogP contribution in [0.25, 0.3) is 11.4 Å². The number of aromatic nitrogens is 4. The molecule has 3 aromatic rings. The molecule has 6 heteroatoms. The van der Waals surface area contributed by atoms with Gasteiger partial charge in [0.1, 0.15) is 0 Å². The van der Waals surface area contributed by atoms with Gasteiger partial charge in [-0.15, -0.1) is 0 Å². The van der Waals surface area contributed by atoms with Crippen LogP contribution < -0.4 is 0 Å². The lowest BCUT2D eigenvalue weighted by Crippen LogP contribution is -2.19. The predicted octanol–water partition coefficient (Wildman–Crippen LogP) is 2.46. The van der Waals surface area contributed by atoms with E-state index in [1.54, 1.807) is 0 Å². The van der Waals surface area contributed by atoms with Gasteiger partial charge in [-0.2, -0.15) is 10.1 Å². The zero-order chi connectivity index (χ0) is 15.6. The van der Waals surface area contributed by atoms with Crippen molar-refractivity contribution in [1.29, 1.82) is 0 Å². The molecule has 6 nitrogen and oxygen atoms in total. The number of rotatable bonds is 4. The van der Waals surface area contributed by atoms with Gasteiger partial charge in [0.2, 0.25) is 11.7 Å². The van der Waals surface area contributed by atoms with Crippen LogP contribution in [0.1, 0.15) is 23.8 Å². The van der Waals surface area contributed by atoms with Gasteiger partial charge in [-0.3, -0.25) is 9.58 Å². The van der Waals surface area contributed by atoms with Crippen LogP contribution in [-0.2, 0) is 13.6 Å². The summed E-state index contributed by atoms with van der Waals surface area (Å²) in [7, 11) is 1.94. The number of likely N-dealkylation sites (tertiary alicyclic amines) is 1. The Bertz CT molecular complexity index is 779. The summed E-state index contributed by atoms with van der Waals surface area (Å²) in [6.07, 6.45) is 5.04. The van der Waals surface area contributed by atoms with E-state index in [0.29, 0.717) is 11.7 Å². The van der Waals surface area contributed by atoms with Gasteiger partial charge in [0.25, 0.3) is 0 Å². The molecule has 0 aliphatic carbocycles. The highest BCUT2D eigenvalue weighted by Gasteiger charge is 2.28. The van der Waals surface area contributed by atoms with E-state index in [-0.39, 0.29) is 0 Å². The van der Waals surface area contributed by atoms with E-state index in [2.05, 4.69) is 26.3 Å². The fourth-order valence-corrected chi connectivity index (χ4v) is 3.10. The number of hydrogen-bond donors (Lipinski definition) is 0. The number of hydrogen-bond acceptors (Lipinski definition) is 5. The highest BCUT2D eigenvalue weighted by Crippen LogP contribution is 2.28. The Morgan fingerprint density at radius 3 is 2.91 bits per heavy atom. The van der Waals surface area contributed by atoms with Crippen LogP contribution in [0.5, 0.6) is 0 Å². The first-order valence-corrected chi connectivity index (χ1v) is 7.87. The maximum atomic E-state index is 5.50. The Morgan fingerprint density at radius 1 is 1.26 bits per heavy atom. The zero-order valence-electron chi connectivity index (χ0n) is 13.1. The molecule has 1 atom stereocenters. The van der Waals surface area contributed by atoms with Crippen LogP contribution in [0.3, 0.4) is 0 Å². The standard InChI is InChI=1S/C17H19N5O/c1-21-10-13(9-18-21)11-22-8-7-15(12-22)17-19-16(20-23-17)14-5-3-2-4-6-14/h2-6,9-10,15H,7-8,11-12H2,1H3/t15-/m0/s1. The topological polar surface area (TPSA) is 60.0 Å². The van der Waals surface area contributed by atoms with Crippen LogP contribution in [-0.4, -0.2) is 37.9 Å². The summed E-state index contributed by atoms with van der Waals surface area (Å²) in [6.45, 7) is 2.91. The van der Waals surface area contributed by atoms with E-state index in [4.69, 9.17) is 4.52 Å². The predicted molar refractivity (Wildman–Crippen MR) is 85.6 cm³/mol. The Labute approximate surface area is 134 Å². The molecular formula is C17H19N5O. The monoisotopic (exact) mass is 309 g/mol. The molecule has 0 radical (unpaired) electrons. The lowest BCUT2D eigenvalue weighted by Gasteiger charge is -2.13. The van der Waals surface area contributed by atoms with Gasteiger partial charge in [0.15, 0.2) is 0 Å².